The molecular weight excluding hydrogens is 1150 g/mol. The second-order valence-electron chi connectivity index (χ2n) is 24.4. The maximum absolute atomic E-state index is 7.85. The molecule has 0 aromatic heterocycles. The van der Waals surface area contributed by atoms with Crippen molar-refractivity contribution in [2.75, 3.05) is 29.4 Å². The predicted molar refractivity (Wildman–Crippen MR) is 390 cm³/mol. The fourth-order valence-corrected chi connectivity index (χ4v) is 15.3. The summed E-state index contributed by atoms with van der Waals surface area (Å²) in [5.41, 5.74) is 25.4. The average Bonchev–Trinajstić information content (AvgIpc) is 0.690. The van der Waals surface area contributed by atoms with Gasteiger partial charge in [-0.2, -0.15) is 0 Å². The van der Waals surface area contributed by atoms with Gasteiger partial charge in [0.15, 0.2) is 11.5 Å². The first-order chi connectivity index (χ1) is 46.7. The molecule has 5 heterocycles. The van der Waals surface area contributed by atoms with Gasteiger partial charge in [0.2, 0.25) is 0 Å². The fourth-order valence-electron chi connectivity index (χ4n) is 15.3. The second-order valence-corrected chi connectivity index (χ2v) is 24.4. The molecule has 94 heavy (non-hydrogen) atoms. The van der Waals surface area contributed by atoms with Crippen LogP contribution in [0.5, 0.6) is 23.0 Å². The third-order valence-corrected chi connectivity index (χ3v) is 19.1. The Kier molecular flexibility index (Phi) is 12.3. The summed E-state index contributed by atoms with van der Waals surface area (Å²) in [6.45, 7) is -0.544. The van der Waals surface area contributed by atoms with Gasteiger partial charge in [-0.15, -0.1) is 0 Å². The zero-order valence-corrected chi connectivity index (χ0v) is 51.0. The highest BCUT2D eigenvalue weighted by Crippen LogP contribution is 2.58. The molecular formula is C84H56B2N6O2. The molecule has 0 aliphatic carbocycles. The Morgan fingerprint density at radius 2 is 0.628 bits per heavy atom. The molecule has 0 unspecified atom stereocenters. The van der Waals surface area contributed by atoms with Gasteiger partial charge in [0, 0.05) is 86.1 Å². The lowest BCUT2D eigenvalue weighted by Gasteiger charge is -2.46. The summed E-state index contributed by atoms with van der Waals surface area (Å²) in [6, 6.07) is 123. The number of hydrogen-bond donors (Lipinski definition) is 0. The average molecular weight is 1200 g/mol. The van der Waals surface area contributed by atoms with Crippen molar-refractivity contribution in [3.05, 3.63) is 340 Å². The minimum Gasteiger partial charge on any atom is -0.458 e. The Hall–Kier alpha value is -12.4. The topological polar surface area (TPSA) is 37.9 Å². The molecule has 10 heteroatoms. The maximum atomic E-state index is 7.85. The Balaban J connectivity index is 0.913. The van der Waals surface area contributed by atoms with Crippen molar-refractivity contribution in [2.24, 2.45) is 0 Å². The smallest absolute Gasteiger partial charge is 0.256 e. The molecule has 5 aliphatic heterocycles. The molecule has 8 nitrogen and oxygen atoms in total. The van der Waals surface area contributed by atoms with Crippen molar-refractivity contribution in [1.82, 2.24) is 0 Å². The van der Waals surface area contributed by atoms with Crippen LogP contribution in [-0.4, -0.2) is 13.4 Å². The SMILES string of the molecule is c1ccc(N(c2ccccc2)c2cc3c4c(c2)N(c2ccccc2)c2c(ccc5c2Oc2ccccc2N5c2ccccc2)B4c2cc4c(cc2O3)N(c2ccccc2)c2cc(N(c3ccccc3)c3ccccc3)cc3c2B4c2ccccc2N3c2ccccc2)cc1. The third-order valence-electron chi connectivity index (χ3n) is 19.1. The minimum absolute atomic E-state index is 0.211. The van der Waals surface area contributed by atoms with Crippen molar-refractivity contribution in [2.45, 2.75) is 0 Å². The molecule has 14 aromatic carbocycles. The van der Waals surface area contributed by atoms with Gasteiger partial charge in [-0.1, -0.05) is 188 Å². The number of ether oxygens (including phenoxy) is 2. The summed E-state index contributed by atoms with van der Waals surface area (Å²) >= 11 is 0. The van der Waals surface area contributed by atoms with Crippen LogP contribution in [0.4, 0.5) is 102 Å². The van der Waals surface area contributed by atoms with Crippen LogP contribution in [0.2, 0.25) is 0 Å². The third kappa shape index (κ3) is 8.36. The van der Waals surface area contributed by atoms with Gasteiger partial charge < -0.3 is 38.9 Å². The Bertz CT molecular complexity index is 5170. The lowest BCUT2D eigenvalue weighted by molar-refractivity contribution is 0.478. The Morgan fingerprint density at radius 3 is 1.15 bits per heavy atom. The van der Waals surface area contributed by atoms with E-state index in [9.17, 15) is 0 Å². The van der Waals surface area contributed by atoms with Gasteiger partial charge >= 0.3 is 0 Å². The van der Waals surface area contributed by atoms with E-state index in [-0.39, 0.29) is 13.4 Å². The zero-order valence-electron chi connectivity index (χ0n) is 51.0. The normalized spacial score (nSPS) is 13.1. The van der Waals surface area contributed by atoms with Gasteiger partial charge in [-0.3, -0.25) is 0 Å². The number of benzene rings is 14. The molecule has 0 radical (unpaired) electrons. The Labute approximate surface area is 547 Å². The second kappa shape index (κ2) is 21.7. The van der Waals surface area contributed by atoms with Crippen molar-refractivity contribution in [3.8, 4) is 23.0 Å². The van der Waals surface area contributed by atoms with Gasteiger partial charge in [0.25, 0.3) is 13.4 Å². The van der Waals surface area contributed by atoms with Crippen LogP contribution in [-0.2, 0) is 0 Å². The minimum atomic E-state index is -0.334. The van der Waals surface area contributed by atoms with Gasteiger partial charge in [-0.05, 0) is 172 Å². The zero-order chi connectivity index (χ0) is 61.8. The van der Waals surface area contributed by atoms with Gasteiger partial charge in [0.05, 0.1) is 28.4 Å². The largest absolute Gasteiger partial charge is 0.458 e. The quantitative estimate of drug-likeness (QED) is 0.125. The van der Waals surface area contributed by atoms with E-state index in [2.05, 4.69) is 369 Å². The summed E-state index contributed by atoms with van der Waals surface area (Å²) in [7, 11) is 0. The molecule has 0 bridgehead atoms. The van der Waals surface area contributed by atoms with Crippen LogP contribution in [0.25, 0.3) is 0 Å². The van der Waals surface area contributed by atoms with Gasteiger partial charge in [-0.25, -0.2) is 0 Å². The summed E-state index contributed by atoms with van der Waals surface area (Å²) in [5, 5.41) is 0. The molecule has 5 aliphatic rings. The van der Waals surface area contributed by atoms with Crippen molar-refractivity contribution < 1.29 is 9.47 Å². The molecule has 0 N–H and O–H groups in total. The van der Waals surface area contributed by atoms with E-state index in [4.69, 9.17) is 9.47 Å². The fraction of sp³-hybridized carbons (Fsp3) is 0. The lowest BCUT2D eigenvalue weighted by Crippen LogP contribution is -2.64. The van der Waals surface area contributed by atoms with E-state index in [1.807, 2.05) is 0 Å². The summed E-state index contributed by atoms with van der Waals surface area (Å²) in [4.78, 5) is 14.5. The van der Waals surface area contributed by atoms with Crippen LogP contribution in [0.1, 0.15) is 0 Å². The highest BCUT2D eigenvalue weighted by atomic mass is 16.5. The molecule has 0 saturated carbocycles. The van der Waals surface area contributed by atoms with Crippen LogP contribution >= 0.6 is 0 Å². The maximum Gasteiger partial charge on any atom is 0.256 e. The van der Waals surface area contributed by atoms with E-state index in [1.54, 1.807) is 0 Å². The number of fused-ring (bicyclic) bond motifs is 11. The van der Waals surface area contributed by atoms with E-state index >= 15 is 0 Å². The summed E-state index contributed by atoms with van der Waals surface area (Å²) in [6.07, 6.45) is 0. The number of hydrogen-bond acceptors (Lipinski definition) is 8. The van der Waals surface area contributed by atoms with E-state index < -0.39 is 0 Å². The molecule has 0 spiro atoms. The molecule has 0 atom stereocenters. The van der Waals surface area contributed by atoms with Crippen molar-refractivity contribution in [1.29, 1.82) is 0 Å². The molecule has 440 valence electrons. The number of anilines is 18. The van der Waals surface area contributed by atoms with E-state index in [0.717, 1.165) is 142 Å². The lowest BCUT2D eigenvalue weighted by atomic mass is 9.30. The van der Waals surface area contributed by atoms with E-state index in [1.165, 1.54) is 16.4 Å². The van der Waals surface area contributed by atoms with Crippen LogP contribution in [0.3, 0.4) is 0 Å². The summed E-state index contributed by atoms with van der Waals surface area (Å²) in [5.74, 6) is 3.10. The highest BCUT2D eigenvalue weighted by Gasteiger charge is 2.49. The van der Waals surface area contributed by atoms with Crippen LogP contribution in [0.15, 0.2) is 340 Å². The number of para-hydroxylation sites is 11. The predicted octanol–water partition coefficient (Wildman–Crippen LogP) is 18.7. The summed E-state index contributed by atoms with van der Waals surface area (Å²) < 4.78 is 15.4. The van der Waals surface area contributed by atoms with E-state index in [0.29, 0.717) is 0 Å². The molecule has 0 saturated heterocycles. The molecule has 0 amide bonds. The van der Waals surface area contributed by atoms with Gasteiger partial charge in [0.1, 0.15) is 11.5 Å². The first kappa shape index (κ1) is 53.4. The first-order valence-corrected chi connectivity index (χ1v) is 32.1. The standard InChI is InChI=1S/C84H56B2N6O2/c1-9-29-57(30-10-1)87(58-31-11-2-12-32-58)65-51-75-81-76(52-65)91(63-41-21-7-22-42-63)74-56-79-70(55-69(74)85(81)67-45-25-26-46-71(67)89(75)61-37-17-5-18-38-61)86-68-49-50-73-84(94-78-48-28-27-47-72(78)90(73)62-39-19-6-20-40-62)83(68)92(64-43-23-8-24-44-64)77-53-66(54-80(93-79)82(77)86)88(59-33-13-3-14-34-59)60-35-15-4-16-36-60/h1-56H. The van der Waals surface area contributed by atoms with Crippen molar-refractivity contribution in [3.63, 3.8) is 0 Å². The van der Waals surface area contributed by atoms with Crippen LogP contribution in [0, 0.1) is 0 Å². The van der Waals surface area contributed by atoms with Crippen molar-refractivity contribution >= 4 is 149 Å². The first-order valence-electron chi connectivity index (χ1n) is 32.1. The molecule has 19 rings (SSSR count). The molecule has 0 fully saturated rings. The Morgan fingerprint density at radius 1 is 0.223 bits per heavy atom. The number of nitrogens with zero attached hydrogens (tertiary/aromatic N) is 6. The molecule has 14 aromatic rings. The highest BCUT2D eigenvalue weighted by molar-refractivity contribution is 7.02. The van der Waals surface area contributed by atoms with Crippen LogP contribution < -0.4 is 71.7 Å². The number of rotatable bonds is 10. The monoisotopic (exact) mass is 1200 g/mol.